The number of amides is 1. The summed E-state index contributed by atoms with van der Waals surface area (Å²) in [6.07, 6.45) is -3.83. The molecule has 21 heavy (non-hydrogen) atoms. The molecule has 3 rings (SSSR count). The Balaban J connectivity index is 2.08. The Morgan fingerprint density at radius 3 is 2.62 bits per heavy atom. The van der Waals surface area contributed by atoms with Crippen LogP contribution < -0.4 is 5.32 Å². The zero-order chi connectivity index (χ0) is 15.2. The van der Waals surface area contributed by atoms with Crippen LogP contribution in [0.5, 0.6) is 0 Å². The first-order valence-electron chi connectivity index (χ1n) is 6.00. The van der Waals surface area contributed by atoms with E-state index in [1.165, 1.54) is 0 Å². The first kappa shape index (κ1) is 13.9. The predicted octanol–water partition coefficient (Wildman–Crippen LogP) is 3.84. The van der Waals surface area contributed by atoms with Gasteiger partial charge in [-0.2, -0.15) is 13.2 Å². The first-order valence-corrected chi connectivity index (χ1v) is 6.38. The summed E-state index contributed by atoms with van der Waals surface area (Å²) in [5.41, 5.74) is 0.442. The zero-order valence-corrected chi connectivity index (χ0v) is 11.2. The lowest BCUT2D eigenvalue weighted by Gasteiger charge is -2.12. The molecule has 3 nitrogen and oxygen atoms in total. The minimum Gasteiger partial charge on any atom is -0.325 e. The molecule has 2 aromatic rings. The molecule has 7 heteroatoms. The van der Waals surface area contributed by atoms with Crippen molar-refractivity contribution in [3.63, 3.8) is 0 Å². The van der Waals surface area contributed by atoms with Gasteiger partial charge in [-0.05, 0) is 17.7 Å². The van der Waals surface area contributed by atoms with E-state index in [9.17, 15) is 18.0 Å². The number of nitrogens with zero attached hydrogens (tertiary/aromatic N) is 1. The van der Waals surface area contributed by atoms with E-state index in [1.807, 2.05) is 0 Å². The van der Waals surface area contributed by atoms with Crippen molar-refractivity contribution < 1.29 is 18.0 Å². The quantitative estimate of drug-likeness (QED) is 0.869. The molecule has 0 fully saturated rings. The molecule has 0 bridgehead atoms. The molecule has 108 valence electrons. The Bertz CT molecular complexity index is 730. The fourth-order valence-corrected chi connectivity index (χ4v) is 2.57. The van der Waals surface area contributed by atoms with Gasteiger partial charge in [0, 0.05) is 11.9 Å². The highest BCUT2D eigenvalue weighted by Crippen LogP contribution is 2.40. The Kier molecular flexibility index (Phi) is 3.13. The molecule has 2 heterocycles. The number of pyridine rings is 1. The van der Waals surface area contributed by atoms with E-state index in [2.05, 4.69) is 10.3 Å². The van der Waals surface area contributed by atoms with E-state index in [1.54, 1.807) is 24.3 Å². The third kappa shape index (κ3) is 2.35. The van der Waals surface area contributed by atoms with Crippen molar-refractivity contribution in [1.82, 2.24) is 4.98 Å². The van der Waals surface area contributed by atoms with E-state index < -0.39 is 17.7 Å². The van der Waals surface area contributed by atoms with Gasteiger partial charge in [-0.1, -0.05) is 29.8 Å². The second kappa shape index (κ2) is 4.73. The van der Waals surface area contributed by atoms with Crippen molar-refractivity contribution in [3.05, 3.63) is 58.4 Å². The van der Waals surface area contributed by atoms with Crippen LogP contribution in [0, 0.1) is 0 Å². The van der Waals surface area contributed by atoms with Crippen molar-refractivity contribution in [2.75, 3.05) is 5.32 Å². The van der Waals surface area contributed by atoms with E-state index >= 15 is 0 Å². The summed E-state index contributed by atoms with van der Waals surface area (Å²) >= 11 is 5.90. The molecule has 0 saturated carbocycles. The second-order valence-corrected chi connectivity index (χ2v) is 5.01. The molecular weight excluding hydrogens is 305 g/mol. The summed E-state index contributed by atoms with van der Waals surface area (Å²) in [4.78, 5) is 15.8. The van der Waals surface area contributed by atoms with Gasteiger partial charge >= 0.3 is 6.18 Å². The van der Waals surface area contributed by atoms with Gasteiger partial charge in [0.05, 0.1) is 16.3 Å². The number of hydrogen-bond acceptors (Lipinski definition) is 2. The number of benzene rings is 1. The molecule has 1 aromatic carbocycles. The van der Waals surface area contributed by atoms with Crippen LogP contribution in [0.15, 0.2) is 36.5 Å². The first-order chi connectivity index (χ1) is 9.88. The highest BCUT2D eigenvalue weighted by atomic mass is 35.5. The number of alkyl halides is 3. The number of hydrogen-bond donors (Lipinski definition) is 1. The molecule has 1 aliphatic heterocycles. The van der Waals surface area contributed by atoms with Gasteiger partial charge in [-0.15, -0.1) is 0 Å². The minimum atomic E-state index is -4.52. The maximum absolute atomic E-state index is 12.6. The molecule has 1 N–H and O–H groups in total. The standard InChI is InChI=1S/C14H8ClF3N2O/c15-9-5-7(14(16,17)18)6-19-12(9)11-8-3-1-2-4-10(8)20-13(11)21/h1-6,11H,(H,20,21)/t11-/m1/s1. The van der Waals surface area contributed by atoms with Crippen LogP contribution in [0.2, 0.25) is 5.02 Å². The largest absolute Gasteiger partial charge is 0.417 e. The number of aromatic nitrogens is 1. The minimum absolute atomic E-state index is 0.118. The summed E-state index contributed by atoms with van der Waals surface area (Å²) < 4.78 is 37.8. The monoisotopic (exact) mass is 312 g/mol. The van der Waals surface area contributed by atoms with Crippen LogP contribution in [0.3, 0.4) is 0 Å². The molecule has 0 saturated heterocycles. The smallest absolute Gasteiger partial charge is 0.325 e. The van der Waals surface area contributed by atoms with Crippen LogP contribution >= 0.6 is 11.6 Å². The average Bonchev–Trinajstić information content (AvgIpc) is 2.74. The highest BCUT2D eigenvalue weighted by molar-refractivity contribution is 6.31. The van der Waals surface area contributed by atoms with Gasteiger partial charge in [0.25, 0.3) is 0 Å². The molecule has 1 amide bonds. The second-order valence-electron chi connectivity index (χ2n) is 4.60. The lowest BCUT2D eigenvalue weighted by atomic mass is 9.96. The number of anilines is 1. The van der Waals surface area contributed by atoms with Crippen LogP contribution in [-0.2, 0) is 11.0 Å². The van der Waals surface area contributed by atoms with E-state index in [4.69, 9.17) is 11.6 Å². The maximum atomic E-state index is 12.6. The van der Waals surface area contributed by atoms with Gasteiger partial charge in [0.1, 0.15) is 5.92 Å². The molecular formula is C14H8ClF3N2O. The molecule has 1 aliphatic rings. The topological polar surface area (TPSA) is 42.0 Å². The van der Waals surface area contributed by atoms with Crippen LogP contribution in [-0.4, -0.2) is 10.9 Å². The molecule has 0 radical (unpaired) electrons. The third-order valence-electron chi connectivity index (χ3n) is 3.26. The van der Waals surface area contributed by atoms with Gasteiger partial charge < -0.3 is 5.32 Å². The van der Waals surface area contributed by atoms with Crippen molar-refractivity contribution in [2.45, 2.75) is 12.1 Å². The summed E-state index contributed by atoms with van der Waals surface area (Å²) in [6, 6.07) is 7.71. The Morgan fingerprint density at radius 2 is 1.95 bits per heavy atom. The molecule has 0 aliphatic carbocycles. The fourth-order valence-electron chi connectivity index (χ4n) is 2.30. The van der Waals surface area contributed by atoms with Crippen LogP contribution in [0.4, 0.5) is 18.9 Å². The van der Waals surface area contributed by atoms with Gasteiger partial charge in [0.15, 0.2) is 0 Å². The molecule has 1 atom stereocenters. The van der Waals surface area contributed by atoms with Gasteiger partial charge in [0.2, 0.25) is 5.91 Å². The van der Waals surface area contributed by atoms with Gasteiger partial charge in [-0.25, -0.2) is 0 Å². The Hall–Kier alpha value is -2.08. The predicted molar refractivity (Wildman–Crippen MR) is 71.2 cm³/mol. The fraction of sp³-hybridized carbons (Fsp3) is 0.143. The lowest BCUT2D eigenvalue weighted by Crippen LogP contribution is -2.16. The van der Waals surface area contributed by atoms with Crippen molar-refractivity contribution >= 4 is 23.2 Å². The number of carbonyl (C=O) groups is 1. The number of fused-ring (bicyclic) bond motifs is 1. The number of nitrogens with one attached hydrogen (secondary N) is 1. The van der Waals surface area contributed by atoms with Crippen LogP contribution in [0.25, 0.3) is 0 Å². The third-order valence-corrected chi connectivity index (χ3v) is 3.56. The van der Waals surface area contributed by atoms with Crippen molar-refractivity contribution in [2.24, 2.45) is 0 Å². The lowest BCUT2D eigenvalue weighted by molar-refractivity contribution is -0.137. The number of rotatable bonds is 1. The normalized spacial score (nSPS) is 17.5. The van der Waals surface area contributed by atoms with Crippen LogP contribution in [0.1, 0.15) is 22.7 Å². The summed E-state index contributed by atoms with van der Waals surface area (Å²) in [5, 5.41) is 2.48. The van der Waals surface area contributed by atoms with E-state index in [0.29, 0.717) is 17.4 Å². The summed E-state index contributed by atoms with van der Waals surface area (Å²) in [7, 11) is 0. The summed E-state index contributed by atoms with van der Waals surface area (Å²) in [6.45, 7) is 0. The van der Waals surface area contributed by atoms with E-state index in [0.717, 1.165) is 6.07 Å². The highest BCUT2D eigenvalue weighted by Gasteiger charge is 2.36. The zero-order valence-electron chi connectivity index (χ0n) is 10.4. The van der Waals surface area contributed by atoms with E-state index in [-0.39, 0.29) is 16.6 Å². The summed E-state index contributed by atoms with van der Waals surface area (Å²) in [5.74, 6) is -1.15. The molecule has 0 spiro atoms. The average molecular weight is 313 g/mol. The van der Waals surface area contributed by atoms with Crippen molar-refractivity contribution in [1.29, 1.82) is 0 Å². The SMILES string of the molecule is O=C1Nc2ccccc2[C@@H]1c1ncc(C(F)(F)F)cc1Cl. The molecule has 0 unspecified atom stereocenters. The van der Waals surface area contributed by atoms with Crippen molar-refractivity contribution in [3.8, 4) is 0 Å². The van der Waals surface area contributed by atoms with Gasteiger partial charge in [-0.3, -0.25) is 9.78 Å². The number of carbonyl (C=O) groups excluding carboxylic acids is 1. The number of halogens is 4. The maximum Gasteiger partial charge on any atom is 0.417 e. The Labute approximate surface area is 122 Å². The number of para-hydroxylation sites is 1. The Morgan fingerprint density at radius 1 is 1.24 bits per heavy atom. The molecule has 1 aromatic heterocycles.